The molecule has 1 aliphatic heterocycles. The average Bonchev–Trinajstić information content (AvgIpc) is 2.46. The summed E-state index contributed by atoms with van der Waals surface area (Å²) in [6.07, 6.45) is 4.45. The largest absolute Gasteiger partial charge is 0.494 e. The Labute approximate surface area is 128 Å². The van der Waals surface area contributed by atoms with Crippen LogP contribution in [0, 0.1) is 11.8 Å². The number of piperidine rings is 1. The summed E-state index contributed by atoms with van der Waals surface area (Å²) in [7, 11) is 0. The lowest BCUT2D eigenvalue weighted by atomic mass is 9.92. The van der Waals surface area contributed by atoms with E-state index in [1.807, 2.05) is 12.1 Å². The zero-order valence-electron chi connectivity index (χ0n) is 13.3. The Balaban J connectivity index is 1.62. The van der Waals surface area contributed by atoms with Crippen molar-refractivity contribution in [3.8, 4) is 5.75 Å². The molecule has 1 fully saturated rings. The van der Waals surface area contributed by atoms with Crippen LogP contribution in [0.15, 0.2) is 24.3 Å². The van der Waals surface area contributed by atoms with Gasteiger partial charge in [0, 0.05) is 18.7 Å². The standard InChI is InChI=1S/C18H27NO2/c1-15-10-16(2)13-19(12-15)8-3-4-9-21-18-7-5-6-17(11-18)14-20/h5-7,11,14-16H,3-4,8-10,12-13H2,1-2H3/t15-,16+. The maximum Gasteiger partial charge on any atom is 0.150 e. The van der Waals surface area contributed by atoms with Crippen LogP contribution < -0.4 is 4.74 Å². The second-order valence-electron chi connectivity index (χ2n) is 6.45. The Bertz CT molecular complexity index is 437. The van der Waals surface area contributed by atoms with Gasteiger partial charge in [-0.3, -0.25) is 4.79 Å². The summed E-state index contributed by atoms with van der Waals surface area (Å²) in [6, 6.07) is 7.34. The lowest BCUT2D eigenvalue weighted by molar-refractivity contribution is 0.112. The van der Waals surface area contributed by atoms with Crippen molar-refractivity contribution in [3.05, 3.63) is 29.8 Å². The molecule has 1 heterocycles. The van der Waals surface area contributed by atoms with Gasteiger partial charge in [0.05, 0.1) is 6.61 Å². The third-order valence-electron chi connectivity index (χ3n) is 4.08. The molecule has 0 spiro atoms. The van der Waals surface area contributed by atoms with Gasteiger partial charge >= 0.3 is 0 Å². The Kier molecular flexibility index (Phi) is 6.24. The van der Waals surface area contributed by atoms with E-state index in [1.54, 1.807) is 12.1 Å². The molecule has 1 saturated heterocycles. The van der Waals surface area contributed by atoms with Crippen molar-refractivity contribution >= 4 is 6.29 Å². The van der Waals surface area contributed by atoms with Crippen molar-refractivity contribution in [1.82, 2.24) is 4.90 Å². The summed E-state index contributed by atoms with van der Waals surface area (Å²) in [5, 5.41) is 0. The van der Waals surface area contributed by atoms with Crippen molar-refractivity contribution < 1.29 is 9.53 Å². The first kappa shape index (κ1) is 16.0. The molecule has 3 nitrogen and oxygen atoms in total. The molecule has 21 heavy (non-hydrogen) atoms. The Hall–Kier alpha value is -1.35. The first-order chi connectivity index (χ1) is 10.2. The van der Waals surface area contributed by atoms with Crippen LogP contribution in [0.5, 0.6) is 5.75 Å². The second-order valence-corrected chi connectivity index (χ2v) is 6.45. The minimum Gasteiger partial charge on any atom is -0.494 e. The van der Waals surface area contributed by atoms with Crippen LogP contribution in [0.4, 0.5) is 0 Å². The average molecular weight is 289 g/mol. The summed E-state index contributed by atoms with van der Waals surface area (Å²) >= 11 is 0. The molecule has 0 aliphatic carbocycles. The van der Waals surface area contributed by atoms with Gasteiger partial charge in [0.15, 0.2) is 0 Å². The predicted molar refractivity (Wildman–Crippen MR) is 85.9 cm³/mol. The number of carbonyl (C=O) groups excluding carboxylic acids is 1. The third-order valence-corrected chi connectivity index (χ3v) is 4.08. The molecular formula is C18H27NO2. The molecule has 1 aliphatic rings. The number of nitrogens with zero attached hydrogens (tertiary/aromatic N) is 1. The molecule has 0 bridgehead atoms. The number of rotatable bonds is 7. The zero-order valence-corrected chi connectivity index (χ0v) is 13.3. The molecule has 0 unspecified atom stereocenters. The summed E-state index contributed by atoms with van der Waals surface area (Å²) in [5.41, 5.74) is 0.670. The number of hydrogen-bond donors (Lipinski definition) is 0. The molecule has 0 amide bonds. The van der Waals surface area contributed by atoms with Crippen molar-refractivity contribution in [2.24, 2.45) is 11.8 Å². The number of aldehydes is 1. The third kappa shape index (κ3) is 5.50. The van der Waals surface area contributed by atoms with E-state index in [0.29, 0.717) is 5.56 Å². The SMILES string of the molecule is C[C@@H]1C[C@H](C)CN(CCCCOc2cccc(C=O)c2)C1. The molecule has 1 aromatic rings. The second kappa shape index (κ2) is 8.18. The molecule has 2 rings (SSSR count). The van der Waals surface area contributed by atoms with Crippen LogP contribution >= 0.6 is 0 Å². The molecular weight excluding hydrogens is 262 g/mol. The first-order valence-electron chi connectivity index (χ1n) is 8.07. The Morgan fingerprint density at radius 2 is 2.00 bits per heavy atom. The number of ether oxygens (including phenoxy) is 1. The van der Waals surface area contributed by atoms with Gasteiger partial charge in [-0.25, -0.2) is 0 Å². The molecule has 0 N–H and O–H groups in total. The van der Waals surface area contributed by atoms with E-state index >= 15 is 0 Å². The fourth-order valence-electron chi connectivity index (χ4n) is 3.28. The van der Waals surface area contributed by atoms with E-state index < -0.39 is 0 Å². The fraction of sp³-hybridized carbons (Fsp3) is 0.611. The minimum absolute atomic E-state index is 0.670. The number of hydrogen-bond acceptors (Lipinski definition) is 3. The highest BCUT2D eigenvalue weighted by atomic mass is 16.5. The van der Waals surface area contributed by atoms with Gasteiger partial charge in [-0.05, 0) is 49.8 Å². The van der Waals surface area contributed by atoms with E-state index in [2.05, 4.69) is 18.7 Å². The molecule has 0 saturated carbocycles. The van der Waals surface area contributed by atoms with Crippen LogP contribution in [0.1, 0.15) is 43.5 Å². The van der Waals surface area contributed by atoms with Gasteiger partial charge < -0.3 is 9.64 Å². The molecule has 2 atom stereocenters. The highest BCUT2D eigenvalue weighted by Crippen LogP contribution is 2.21. The predicted octanol–water partition coefficient (Wildman–Crippen LogP) is 3.64. The summed E-state index contributed by atoms with van der Waals surface area (Å²) < 4.78 is 5.70. The maximum absolute atomic E-state index is 10.7. The van der Waals surface area contributed by atoms with Crippen LogP contribution in [-0.4, -0.2) is 37.4 Å². The van der Waals surface area contributed by atoms with Gasteiger partial charge in [-0.15, -0.1) is 0 Å². The normalized spacial score (nSPS) is 23.0. The molecule has 1 aromatic carbocycles. The zero-order chi connectivity index (χ0) is 15.1. The van der Waals surface area contributed by atoms with E-state index in [9.17, 15) is 4.79 Å². The van der Waals surface area contributed by atoms with E-state index in [0.717, 1.165) is 36.9 Å². The van der Waals surface area contributed by atoms with E-state index in [1.165, 1.54) is 32.5 Å². The van der Waals surface area contributed by atoms with Crippen molar-refractivity contribution in [1.29, 1.82) is 0 Å². The smallest absolute Gasteiger partial charge is 0.150 e. The van der Waals surface area contributed by atoms with Crippen LogP contribution in [0.3, 0.4) is 0 Å². The summed E-state index contributed by atoms with van der Waals surface area (Å²) in [4.78, 5) is 13.3. The summed E-state index contributed by atoms with van der Waals surface area (Å²) in [5.74, 6) is 2.45. The lowest BCUT2D eigenvalue weighted by Crippen LogP contribution is -2.39. The topological polar surface area (TPSA) is 29.5 Å². The first-order valence-corrected chi connectivity index (χ1v) is 8.07. The Morgan fingerprint density at radius 3 is 2.71 bits per heavy atom. The number of unbranched alkanes of at least 4 members (excludes halogenated alkanes) is 1. The van der Waals surface area contributed by atoms with Gasteiger partial charge in [0.25, 0.3) is 0 Å². The summed E-state index contributed by atoms with van der Waals surface area (Å²) in [6.45, 7) is 9.09. The lowest BCUT2D eigenvalue weighted by Gasteiger charge is -2.34. The number of benzene rings is 1. The molecule has 116 valence electrons. The van der Waals surface area contributed by atoms with Crippen molar-refractivity contribution in [2.75, 3.05) is 26.2 Å². The van der Waals surface area contributed by atoms with Crippen LogP contribution in [0.25, 0.3) is 0 Å². The van der Waals surface area contributed by atoms with Crippen LogP contribution in [0.2, 0.25) is 0 Å². The van der Waals surface area contributed by atoms with Crippen molar-refractivity contribution in [3.63, 3.8) is 0 Å². The van der Waals surface area contributed by atoms with Gasteiger partial charge in [-0.2, -0.15) is 0 Å². The molecule has 0 radical (unpaired) electrons. The monoisotopic (exact) mass is 289 g/mol. The highest BCUT2D eigenvalue weighted by Gasteiger charge is 2.20. The molecule has 3 heteroatoms. The quantitative estimate of drug-likeness (QED) is 0.567. The van der Waals surface area contributed by atoms with Gasteiger partial charge in [-0.1, -0.05) is 26.0 Å². The van der Waals surface area contributed by atoms with E-state index in [-0.39, 0.29) is 0 Å². The maximum atomic E-state index is 10.7. The highest BCUT2D eigenvalue weighted by molar-refractivity contribution is 5.75. The van der Waals surface area contributed by atoms with Crippen LogP contribution in [-0.2, 0) is 0 Å². The fourth-order valence-corrected chi connectivity index (χ4v) is 3.28. The van der Waals surface area contributed by atoms with Gasteiger partial charge in [0.1, 0.15) is 12.0 Å². The van der Waals surface area contributed by atoms with Crippen molar-refractivity contribution in [2.45, 2.75) is 33.1 Å². The van der Waals surface area contributed by atoms with Gasteiger partial charge in [0.2, 0.25) is 0 Å². The Morgan fingerprint density at radius 1 is 1.24 bits per heavy atom. The molecule has 0 aromatic heterocycles. The number of likely N-dealkylation sites (tertiary alicyclic amines) is 1. The van der Waals surface area contributed by atoms with E-state index in [4.69, 9.17) is 4.74 Å². The minimum atomic E-state index is 0.670. The number of carbonyl (C=O) groups is 1.